The van der Waals surface area contributed by atoms with E-state index < -0.39 is 6.09 Å². The molecule has 64 valence electrons. The van der Waals surface area contributed by atoms with Crippen LogP contribution in [-0.2, 0) is 0 Å². The standard InChI is InChI=1S/C7H9N3O2/c1-4-2-5(8)9-6(3-4)10-7(11)12/h2-3H,1H3,(H,11,12)(H3,8,9,10). The number of anilines is 2. The molecule has 0 aromatic carbocycles. The van der Waals surface area contributed by atoms with E-state index >= 15 is 0 Å². The van der Waals surface area contributed by atoms with Gasteiger partial charge in [0.05, 0.1) is 0 Å². The van der Waals surface area contributed by atoms with Gasteiger partial charge >= 0.3 is 6.09 Å². The van der Waals surface area contributed by atoms with Crippen LogP contribution in [-0.4, -0.2) is 16.2 Å². The van der Waals surface area contributed by atoms with Gasteiger partial charge in [0.1, 0.15) is 11.6 Å². The average Bonchev–Trinajstić information content (AvgIpc) is 1.81. The van der Waals surface area contributed by atoms with Gasteiger partial charge in [-0.25, -0.2) is 9.78 Å². The molecular formula is C7H9N3O2. The second-order valence-electron chi connectivity index (χ2n) is 2.38. The molecule has 0 radical (unpaired) electrons. The molecule has 1 aromatic heterocycles. The lowest BCUT2D eigenvalue weighted by Crippen LogP contribution is -2.09. The molecule has 0 aliphatic rings. The van der Waals surface area contributed by atoms with E-state index in [1.54, 1.807) is 12.1 Å². The Morgan fingerprint density at radius 3 is 2.83 bits per heavy atom. The van der Waals surface area contributed by atoms with Crippen molar-refractivity contribution in [3.05, 3.63) is 17.7 Å². The Hall–Kier alpha value is -1.78. The molecular weight excluding hydrogens is 158 g/mol. The van der Waals surface area contributed by atoms with Crippen LogP contribution in [0.3, 0.4) is 0 Å². The van der Waals surface area contributed by atoms with Gasteiger partial charge in [-0.05, 0) is 24.6 Å². The molecule has 12 heavy (non-hydrogen) atoms. The van der Waals surface area contributed by atoms with E-state index in [-0.39, 0.29) is 5.82 Å². The maximum absolute atomic E-state index is 10.2. The molecule has 0 bridgehead atoms. The lowest BCUT2D eigenvalue weighted by Gasteiger charge is -2.01. The third-order valence-electron chi connectivity index (χ3n) is 1.22. The lowest BCUT2D eigenvalue weighted by molar-refractivity contribution is 0.209. The Balaban J connectivity index is 2.93. The summed E-state index contributed by atoms with van der Waals surface area (Å²) in [7, 11) is 0. The predicted molar refractivity (Wildman–Crippen MR) is 45.0 cm³/mol. The van der Waals surface area contributed by atoms with Crippen LogP contribution >= 0.6 is 0 Å². The van der Waals surface area contributed by atoms with E-state index in [4.69, 9.17) is 10.8 Å². The third kappa shape index (κ3) is 2.12. The number of carbonyl (C=O) groups is 1. The fourth-order valence-electron chi connectivity index (χ4n) is 0.868. The van der Waals surface area contributed by atoms with Crippen molar-refractivity contribution in [2.75, 3.05) is 11.1 Å². The molecule has 5 heteroatoms. The van der Waals surface area contributed by atoms with Gasteiger partial charge in [-0.2, -0.15) is 0 Å². The van der Waals surface area contributed by atoms with Crippen LogP contribution in [0.4, 0.5) is 16.4 Å². The number of carboxylic acid groups (broad SMARTS) is 1. The van der Waals surface area contributed by atoms with Crippen LogP contribution in [0.25, 0.3) is 0 Å². The second kappa shape index (κ2) is 3.08. The van der Waals surface area contributed by atoms with E-state index in [0.717, 1.165) is 5.56 Å². The number of nitrogen functional groups attached to an aromatic ring is 1. The van der Waals surface area contributed by atoms with Gasteiger partial charge in [-0.3, -0.25) is 5.32 Å². The summed E-state index contributed by atoms with van der Waals surface area (Å²) < 4.78 is 0. The summed E-state index contributed by atoms with van der Waals surface area (Å²) in [6.07, 6.45) is -1.15. The molecule has 5 nitrogen and oxygen atoms in total. The van der Waals surface area contributed by atoms with Crippen LogP contribution in [0.15, 0.2) is 12.1 Å². The number of rotatable bonds is 1. The first-order chi connectivity index (χ1) is 5.58. The van der Waals surface area contributed by atoms with Crippen molar-refractivity contribution in [2.24, 2.45) is 0 Å². The van der Waals surface area contributed by atoms with Crippen molar-refractivity contribution < 1.29 is 9.90 Å². The number of pyridine rings is 1. The van der Waals surface area contributed by atoms with Crippen LogP contribution in [0, 0.1) is 6.92 Å². The van der Waals surface area contributed by atoms with E-state index in [2.05, 4.69) is 10.3 Å². The summed E-state index contributed by atoms with van der Waals surface area (Å²) >= 11 is 0. The zero-order valence-corrected chi connectivity index (χ0v) is 6.53. The molecule has 0 aliphatic heterocycles. The Morgan fingerprint density at radius 2 is 2.33 bits per heavy atom. The monoisotopic (exact) mass is 167 g/mol. The number of nitrogens with two attached hydrogens (primary N) is 1. The minimum Gasteiger partial charge on any atom is -0.465 e. The Labute approximate surface area is 69.2 Å². The molecule has 1 amide bonds. The van der Waals surface area contributed by atoms with E-state index in [1.165, 1.54) is 0 Å². The lowest BCUT2D eigenvalue weighted by atomic mass is 10.3. The van der Waals surface area contributed by atoms with E-state index in [0.29, 0.717) is 5.82 Å². The van der Waals surface area contributed by atoms with Gasteiger partial charge in [0, 0.05) is 0 Å². The topological polar surface area (TPSA) is 88.2 Å². The van der Waals surface area contributed by atoms with Gasteiger partial charge in [0.15, 0.2) is 0 Å². The van der Waals surface area contributed by atoms with Crippen LogP contribution in [0.1, 0.15) is 5.56 Å². The summed E-state index contributed by atoms with van der Waals surface area (Å²) in [4.78, 5) is 14.0. The summed E-state index contributed by atoms with van der Waals surface area (Å²) in [6, 6.07) is 3.26. The maximum Gasteiger partial charge on any atom is 0.410 e. The largest absolute Gasteiger partial charge is 0.465 e. The number of nitrogens with one attached hydrogen (secondary N) is 1. The minimum atomic E-state index is -1.15. The Kier molecular flexibility index (Phi) is 2.14. The first-order valence-corrected chi connectivity index (χ1v) is 3.32. The quantitative estimate of drug-likeness (QED) is 0.583. The normalized spacial score (nSPS) is 9.42. The molecule has 1 heterocycles. The SMILES string of the molecule is Cc1cc(N)nc(NC(=O)O)c1. The summed E-state index contributed by atoms with van der Waals surface area (Å²) in [5.74, 6) is 0.554. The smallest absolute Gasteiger partial charge is 0.410 e. The predicted octanol–water partition coefficient (Wildman–Crippen LogP) is 1.06. The maximum atomic E-state index is 10.2. The molecule has 4 N–H and O–H groups in total. The summed E-state index contributed by atoms with van der Waals surface area (Å²) in [6.45, 7) is 1.81. The highest BCUT2D eigenvalue weighted by atomic mass is 16.4. The molecule has 0 atom stereocenters. The number of aryl methyl sites for hydroxylation is 1. The van der Waals surface area contributed by atoms with Crippen molar-refractivity contribution in [1.82, 2.24) is 4.98 Å². The number of hydrogen-bond donors (Lipinski definition) is 3. The van der Waals surface area contributed by atoms with Crippen molar-refractivity contribution in [1.29, 1.82) is 0 Å². The molecule has 0 saturated carbocycles. The summed E-state index contributed by atoms with van der Waals surface area (Å²) in [5, 5.41) is 10.5. The number of hydrogen-bond acceptors (Lipinski definition) is 3. The van der Waals surface area contributed by atoms with Gasteiger partial charge in [-0.15, -0.1) is 0 Å². The molecule has 0 fully saturated rings. The van der Waals surface area contributed by atoms with Gasteiger partial charge in [0.2, 0.25) is 0 Å². The fraction of sp³-hybridized carbons (Fsp3) is 0.143. The molecule has 1 aromatic rings. The highest BCUT2D eigenvalue weighted by molar-refractivity contribution is 5.81. The molecule has 0 saturated heterocycles. The van der Waals surface area contributed by atoms with Crippen molar-refractivity contribution in [3.63, 3.8) is 0 Å². The van der Waals surface area contributed by atoms with Crippen molar-refractivity contribution >= 4 is 17.7 Å². The zero-order valence-electron chi connectivity index (χ0n) is 6.53. The Bertz CT molecular complexity index is 291. The van der Waals surface area contributed by atoms with Crippen molar-refractivity contribution in [3.8, 4) is 0 Å². The molecule has 0 spiro atoms. The average molecular weight is 167 g/mol. The molecule has 0 aliphatic carbocycles. The zero-order chi connectivity index (χ0) is 9.14. The highest BCUT2D eigenvalue weighted by Crippen LogP contribution is 2.10. The van der Waals surface area contributed by atoms with Gasteiger partial charge < -0.3 is 10.8 Å². The van der Waals surface area contributed by atoms with Gasteiger partial charge in [-0.1, -0.05) is 0 Å². The van der Waals surface area contributed by atoms with Crippen LogP contribution in [0.5, 0.6) is 0 Å². The first-order valence-electron chi connectivity index (χ1n) is 3.32. The highest BCUT2D eigenvalue weighted by Gasteiger charge is 2.00. The number of aromatic nitrogens is 1. The Morgan fingerprint density at radius 1 is 1.67 bits per heavy atom. The fourth-order valence-corrected chi connectivity index (χ4v) is 0.868. The van der Waals surface area contributed by atoms with Gasteiger partial charge in [0.25, 0.3) is 0 Å². The number of nitrogens with zero attached hydrogens (tertiary/aromatic N) is 1. The van der Waals surface area contributed by atoms with E-state index in [9.17, 15) is 4.79 Å². The van der Waals surface area contributed by atoms with Crippen molar-refractivity contribution in [2.45, 2.75) is 6.92 Å². The van der Waals surface area contributed by atoms with Crippen LogP contribution in [0.2, 0.25) is 0 Å². The van der Waals surface area contributed by atoms with Crippen LogP contribution < -0.4 is 11.1 Å². The summed E-state index contributed by atoms with van der Waals surface area (Å²) in [5.41, 5.74) is 6.26. The molecule has 0 unspecified atom stereocenters. The van der Waals surface area contributed by atoms with E-state index in [1.807, 2.05) is 6.92 Å². The second-order valence-corrected chi connectivity index (χ2v) is 2.38. The third-order valence-corrected chi connectivity index (χ3v) is 1.22. The minimum absolute atomic E-state index is 0.250. The first kappa shape index (κ1) is 8.32. The number of amides is 1. The molecule has 1 rings (SSSR count).